The van der Waals surface area contributed by atoms with Crippen LogP contribution in [-0.2, 0) is 4.74 Å². The lowest BCUT2D eigenvalue weighted by molar-refractivity contribution is -0.384. The highest BCUT2D eigenvalue weighted by atomic mass is 16.6. The zero-order valence-corrected chi connectivity index (χ0v) is 23.3. The average molecular weight is 565 g/mol. The lowest BCUT2D eigenvalue weighted by Gasteiger charge is -2.36. The largest absolute Gasteiger partial charge is 0.467 e. The van der Waals surface area contributed by atoms with Crippen molar-refractivity contribution in [2.75, 3.05) is 12.0 Å². The molecule has 0 unspecified atom stereocenters. The Balaban J connectivity index is 1.52. The Labute approximate surface area is 237 Å². The van der Waals surface area contributed by atoms with Crippen LogP contribution in [0.3, 0.4) is 0 Å². The van der Waals surface area contributed by atoms with Gasteiger partial charge in [-0.2, -0.15) is 0 Å². The number of alkyl carbamates (subject to hydrolysis) is 1. The molecule has 4 rings (SSSR count). The second kappa shape index (κ2) is 12.6. The number of non-ortho nitro benzene ring substituents is 1. The Hall–Kier alpha value is -4.81. The van der Waals surface area contributed by atoms with Gasteiger partial charge < -0.3 is 19.5 Å². The summed E-state index contributed by atoms with van der Waals surface area (Å²) >= 11 is 0. The van der Waals surface area contributed by atoms with Crippen molar-refractivity contribution in [3.05, 3.63) is 65.1 Å². The predicted molar refractivity (Wildman–Crippen MR) is 149 cm³/mol. The van der Waals surface area contributed by atoms with Gasteiger partial charge in [-0.1, -0.05) is 0 Å². The van der Waals surface area contributed by atoms with Crippen LogP contribution in [0.15, 0.2) is 55.0 Å². The van der Waals surface area contributed by atoms with Crippen molar-refractivity contribution in [1.82, 2.24) is 20.3 Å². The first kappa shape index (κ1) is 29.2. The highest BCUT2D eigenvalue weighted by Crippen LogP contribution is 2.30. The molecule has 0 spiro atoms. The fraction of sp³-hybridized carbons (Fsp3) is 0.393. The van der Waals surface area contributed by atoms with E-state index in [0.717, 1.165) is 11.1 Å². The van der Waals surface area contributed by atoms with Crippen LogP contribution in [0.5, 0.6) is 11.8 Å². The van der Waals surface area contributed by atoms with E-state index in [0.29, 0.717) is 31.5 Å². The van der Waals surface area contributed by atoms with Gasteiger partial charge in [0.1, 0.15) is 17.2 Å². The smallest absolute Gasteiger partial charge is 0.421 e. The van der Waals surface area contributed by atoms with Gasteiger partial charge in [0.15, 0.2) is 0 Å². The molecule has 0 saturated heterocycles. The summed E-state index contributed by atoms with van der Waals surface area (Å²) in [5.74, 6) is 0.538. The van der Waals surface area contributed by atoms with E-state index in [4.69, 9.17) is 14.2 Å². The molecule has 1 saturated carbocycles. The molecule has 0 atom stereocenters. The van der Waals surface area contributed by atoms with Crippen LogP contribution in [0, 0.1) is 10.1 Å². The van der Waals surface area contributed by atoms with Crippen LogP contribution < -0.4 is 19.7 Å². The maximum absolute atomic E-state index is 13.5. The molecule has 41 heavy (non-hydrogen) atoms. The summed E-state index contributed by atoms with van der Waals surface area (Å²) in [5.41, 5.74) is 0.747. The lowest BCUT2D eigenvalue weighted by Crippen LogP contribution is -2.48. The topological polar surface area (TPSA) is 159 Å². The van der Waals surface area contributed by atoms with E-state index in [-0.39, 0.29) is 29.5 Å². The summed E-state index contributed by atoms with van der Waals surface area (Å²) < 4.78 is 16.0. The van der Waals surface area contributed by atoms with Gasteiger partial charge in [0.2, 0.25) is 0 Å². The van der Waals surface area contributed by atoms with Crippen LogP contribution in [0.1, 0.15) is 46.5 Å². The van der Waals surface area contributed by atoms with E-state index in [1.807, 2.05) is 0 Å². The maximum atomic E-state index is 13.5. The summed E-state index contributed by atoms with van der Waals surface area (Å²) in [7, 11) is 1.48. The first-order valence-corrected chi connectivity index (χ1v) is 13.1. The second-order valence-corrected chi connectivity index (χ2v) is 10.5. The monoisotopic (exact) mass is 564 g/mol. The van der Waals surface area contributed by atoms with E-state index in [1.54, 1.807) is 51.5 Å². The number of nitro groups is 1. The highest BCUT2D eigenvalue weighted by Gasteiger charge is 2.33. The van der Waals surface area contributed by atoms with Crippen molar-refractivity contribution in [2.24, 2.45) is 0 Å². The molecular formula is C28H32N6O7. The van der Waals surface area contributed by atoms with Crippen molar-refractivity contribution in [1.29, 1.82) is 0 Å². The minimum absolute atomic E-state index is 0.0981. The summed E-state index contributed by atoms with van der Waals surface area (Å²) in [6.45, 7) is 5.41. The predicted octanol–water partition coefficient (Wildman–Crippen LogP) is 5.30. The number of methoxy groups -OCH3 is 1. The molecule has 1 fully saturated rings. The number of anilines is 1. The van der Waals surface area contributed by atoms with Crippen molar-refractivity contribution in [2.45, 2.75) is 64.1 Å². The highest BCUT2D eigenvalue weighted by molar-refractivity contribution is 5.89. The third-order valence-electron chi connectivity index (χ3n) is 6.37. The molecule has 1 aromatic carbocycles. The van der Waals surface area contributed by atoms with Gasteiger partial charge in [-0.15, -0.1) is 0 Å². The number of carbonyl (C=O) groups excluding carboxylic acids is 2. The summed E-state index contributed by atoms with van der Waals surface area (Å²) in [4.78, 5) is 50.4. The number of hydrogen-bond acceptors (Lipinski definition) is 10. The number of nitro benzene ring substituents is 1. The van der Waals surface area contributed by atoms with Crippen molar-refractivity contribution in [3.8, 4) is 22.9 Å². The Morgan fingerprint density at radius 2 is 1.59 bits per heavy atom. The van der Waals surface area contributed by atoms with Gasteiger partial charge in [0.25, 0.3) is 5.69 Å². The molecule has 1 aliphatic carbocycles. The Bertz CT molecular complexity index is 1350. The van der Waals surface area contributed by atoms with Crippen molar-refractivity contribution < 1.29 is 28.7 Å². The van der Waals surface area contributed by atoms with E-state index in [2.05, 4.69) is 20.3 Å². The molecule has 0 aliphatic heterocycles. The molecular weight excluding hydrogens is 532 g/mol. The van der Waals surface area contributed by atoms with Gasteiger partial charge >= 0.3 is 18.2 Å². The van der Waals surface area contributed by atoms with E-state index in [9.17, 15) is 19.7 Å². The summed E-state index contributed by atoms with van der Waals surface area (Å²) in [6, 6.07) is 8.67. The van der Waals surface area contributed by atoms with Crippen LogP contribution >= 0.6 is 0 Å². The quantitative estimate of drug-likeness (QED) is 0.295. The van der Waals surface area contributed by atoms with Gasteiger partial charge in [0.05, 0.1) is 12.0 Å². The number of benzene rings is 1. The number of nitrogens with one attached hydrogen (secondary N) is 1. The van der Waals surface area contributed by atoms with E-state index >= 15 is 0 Å². The molecule has 0 radical (unpaired) electrons. The van der Waals surface area contributed by atoms with Crippen LogP contribution in [0.4, 0.5) is 21.1 Å². The van der Waals surface area contributed by atoms with Crippen LogP contribution in [0.2, 0.25) is 0 Å². The molecule has 216 valence electrons. The Kier molecular flexibility index (Phi) is 8.95. The third kappa shape index (κ3) is 7.87. The maximum Gasteiger partial charge on any atom is 0.421 e. The number of nitrogens with zero attached hydrogens (tertiary/aromatic N) is 5. The minimum Gasteiger partial charge on any atom is -0.467 e. The second-order valence-electron chi connectivity index (χ2n) is 10.5. The normalized spacial score (nSPS) is 16.8. The first-order valence-electron chi connectivity index (χ1n) is 13.1. The number of ether oxygens (including phenoxy) is 3. The number of carbonyl (C=O) groups is 2. The van der Waals surface area contributed by atoms with Gasteiger partial charge in [0, 0.05) is 53.9 Å². The Morgan fingerprint density at radius 3 is 2.12 bits per heavy atom. The summed E-state index contributed by atoms with van der Waals surface area (Å²) in [5, 5.41) is 13.9. The van der Waals surface area contributed by atoms with E-state index in [1.165, 1.54) is 36.3 Å². The zero-order chi connectivity index (χ0) is 29.6. The molecule has 0 bridgehead atoms. The van der Waals surface area contributed by atoms with Gasteiger partial charge in [-0.05, 0) is 70.7 Å². The zero-order valence-electron chi connectivity index (χ0n) is 23.3. The number of pyridine rings is 1. The molecule has 13 heteroatoms. The van der Waals surface area contributed by atoms with Crippen molar-refractivity contribution >= 4 is 23.7 Å². The van der Waals surface area contributed by atoms with Crippen molar-refractivity contribution in [3.63, 3.8) is 0 Å². The fourth-order valence-electron chi connectivity index (χ4n) is 4.44. The molecule has 2 heterocycles. The Morgan fingerprint density at radius 1 is 0.951 bits per heavy atom. The minimum atomic E-state index is -0.671. The molecule has 1 aliphatic rings. The lowest BCUT2D eigenvalue weighted by atomic mass is 9.90. The number of rotatable bonds is 7. The van der Waals surface area contributed by atoms with Gasteiger partial charge in [-0.3, -0.25) is 15.0 Å². The van der Waals surface area contributed by atoms with Crippen LogP contribution in [0.25, 0.3) is 11.1 Å². The van der Waals surface area contributed by atoms with E-state index < -0.39 is 22.7 Å². The molecule has 3 aromatic rings. The third-order valence-corrected chi connectivity index (χ3v) is 6.37. The SMILES string of the molecule is COc1ncc(-c2ccc(N(C(=O)Oc3ccc([N+](=O)[O-])cc3)C3CCC(NC(=O)OC(C)(C)C)CC3)nc2)cn1. The first-order chi connectivity index (χ1) is 19.5. The number of hydrogen-bond donors (Lipinski definition) is 1. The average Bonchev–Trinajstić information content (AvgIpc) is 2.94. The number of aromatic nitrogens is 3. The molecule has 1 N–H and O–H groups in total. The molecule has 2 aromatic heterocycles. The standard InChI is InChI=1S/C28H32N6O7/c1-28(2,3)41-26(35)32-20-6-8-21(9-7-20)33(27(36)40-23-12-10-22(11-13-23)34(37)38)24-14-5-18(15-29-24)19-16-30-25(39-4)31-17-19/h5,10-17,20-21H,6-9H2,1-4H3,(H,32,35). The number of amides is 2. The van der Waals surface area contributed by atoms with Gasteiger partial charge in [-0.25, -0.2) is 24.5 Å². The van der Waals surface area contributed by atoms with Crippen LogP contribution in [-0.4, -0.2) is 56.9 Å². The summed E-state index contributed by atoms with van der Waals surface area (Å²) in [6.07, 6.45) is 6.08. The molecule has 13 nitrogen and oxygen atoms in total. The molecule has 2 amide bonds. The fourth-order valence-corrected chi connectivity index (χ4v) is 4.44.